The first-order chi connectivity index (χ1) is 14.0. The van der Waals surface area contributed by atoms with Gasteiger partial charge in [-0.2, -0.15) is 0 Å². The maximum absolute atomic E-state index is 13.4. The molecule has 2 aliphatic heterocycles. The molecule has 1 unspecified atom stereocenters. The molecule has 3 aliphatic rings. The molecule has 6 heteroatoms. The lowest BCUT2D eigenvalue weighted by atomic mass is 9.78. The van der Waals surface area contributed by atoms with Gasteiger partial charge in [-0.05, 0) is 74.9 Å². The van der Waals surface area contributed by atoms with Crippen molar-refractivity contribution in [2.75, 3.05) is 13.1 Å². The lowest BCUT2D eigenvalue weighted by Gasteiger charge is -2.38. The zero-order chi connectivity index (χ0) is 20.0. The summed E-state index contributed by atoms with van der Waals surface area (Å²) >= 11 is 0. The third kappa shape index (κ3) is 3.15. The Bertz CT molecular complexity index is 892. The van der Waals surface area contributed by atoms with Gasteiger partial charge in [-0.1, -0.05) is 24.3 Å². The number of urea groups is 1. The first-order valence-corrected chi connectivity index (χ1v) is 10.5. The summed E-state index contributed by atoms with van der Waals surface area (Å²) in [5.74, 6) is 1.07. The van der Waals surface area contributed by atoms with Gasteiger partial charge in [0, 0.05) is 6.04 Å². The van der Waals surface area contributed by atoms with Crippen molar-refractivity contribution in [2.24, 2.45) is 5.92 Å². The number of nitrogens with zero attached hydrogens (tertiary/aromatic N) is 2. The number of amides is 3. The first-order valence-electron chi connectivity index (χ1n) is 10.5. The van der Waals surface area contributed by atoms with Crippen LogP contribution >= 0.6 is 0 Å². The van der Waals surface area contributed by atoms with Crippen LogP contribution in [0.1, 0.15) is 36.7 Å². The van der Waals surface area contributed by atoms with E-state index in [2.05, 4.69) is 22.3 Å². The minimum Gasteiger partial charge on any atom is -0.468 e. The molecule has 1 aromatic carbocycles. The fourth-order valence-electron chi connectivity index (χ4n) is 5.30. The molecule has 3 amide bonds. The van der Waals surface area contributed by atoms with Crippen LogP contribution in [0.2, 0.25) is 0 Å². The Hall–Kier alpha value is -2.60. The molecule has 6 nitrogen and oxygen atoms in total. The molecule has 1 N–H and O–H groups in total. The summed E-state index contributed by atoms with van der Waals surface area (Å²) < 4.78 is 5.45. The van der Waals surface area contributed by atoms with Crippen LogP contribution in [0, 0.1) is 5.92 Å². The molecule has 2 aromatic rings. The number of carbonyl (C=O) groups excluding carboxylic acids is 2. The molecule has 0 saturated carbocycles. The van der Waals surface area contributed by atoms with Crippen molar-refractivity contribution in [1.29, 1.82) is 0 Å². The second kappa shape index (κ2) is 7.02. The predicted octanol–water partition coefficient (Wildman–Crippen LogP) is 2.97. The van der Waals surface area contributed by atoms with Crippen molar-refractivity contribution in [3.8, 4) is 0 Å². The van der Waals surface area contributed by atoms with Gasteiger partial charge in [0.2, 0.25) is 0 Å². The number of likely N-dealkylation sites (tertiary alicyclic amines) is 1. The third-order valence-corrected chi connectivity index (χ3v) is 7.01. The van der Waals surface area contributed by atoms with Crippen LogP contribution in [0.3, 0.4) is 0 Å². The highest BCUT2D eigenvalue weighted by Gasteiger charge is 2.55. The van der Waals surface area contributed by atoms with Crippen molar-refractivity contribution < 1.29 is 14.0 Å². The van der Waals surface area contributed by atoms with E-state index in [-0.39, 0.29) is 23.9 Å². The molecule has 3 heterocycles. The topological polar surface area (TPSA) is 65.8 Å². The van der Waals surface area contributed by atoms with Crippen LogP contribution in [0.15, 0.2) is 47.1 Å². The monoisotopic (exact) mass is 393 g/mol. The summed E-state index contributed by atoms with van der Waals surface area (Å²) in [6.45, 7) is 4.52. The van der Waals surface area contributed by atoms with E-state index >= 15 is 0 Å². The number of fused-ring (bicyclic) bond motifs is 1. The smallest absolute Gasteiger partial charge is 0.325 e. The number of furan rings is 1. The zero-order valence-corrected chi connectivity index (χ0v) is 16.8. The van der Waals surface area contributed by atoms with Crippen LogP contribution in [0.25, 0.3) is 0 Å². The van der Waals surface area contributed by atoms with Crippen molar-refractivity contribution in [2.45, 2.75) is 50.7 Å². The molecule has 0 spiro atoms. The molecule has 1 aliphatic carbocycles. The lowest BCUT2D eigenvalue weighted by Crippen LogP contribution is -2.54. The molecule has 5 rings (SSSR count). The number of imide groups is 1. The number of piperidine rings is 1. The highest BCUT2D eigenvalue weighted by molar-refractivity contribution is 6.07. The van der Waals surface area contributed by atoms with Crippen molar-refractivity contribution in [3.05, 3.63) is 59.5 Å². The Morgan fingerprint density at radius 3 is 2.38 bits per heavy atom. The largest absolute Gasteiger partial charge is 0.468 e. The van der Waals surface area contributed by atoms with E-state index in [4.69, 9.17) is 4.42 Å². The van der Waals surface area contributed by atoms with Gasteiger partial charge in [0.25, 0.3) is 5.91 Å². The van der Waals surface area contributed by atoms with Crippen molar-refractivity contribution in [1.82, 2.24) is 15.1 Å². The Balaban J connectivity index is 1.26. The summed E-state index contributed by atoms with van der Waals surface area (Å²) in [4.78, 5) is 30.1. The molecule has 0 bridgehead atoms. The van der Waals surface area contributed by atoms with Gasteiger partial charge < -0.3 is 9.73 Å². The predicted molar refractivity (Wildman–Crippen MR) is 108 cm³/mol. The number of hydrogen-bond donors (Lipinski definition) is 1. The maximum Gasteiger partial charge on any atom is 0.325 e. The number of benzene rings is 1. The standard InChI is InChI=1S/C23H27N3O3/c1-23(18-8-10-25(11-9-18)15-20-7-4-12-29-20)21(27)26(22(28)24-23)19-13-16-5-2-3-6-17(16)14-19/h2-7,12,18-19H,8-11,13-15H2,1H3,(H,24,28). The van der Waals surface area contributed by atoms with Gasteiger partial charge in [-0.3, -0.25) is 14.6 Å². The highest BCUT2D eigenvalue weighted by Crippen LogP contribution is 2.36. The summed E-state index contributed by atoms with van der Waals surface area (Å²) in [5.41, 5.74) is 1.69. The highest BCUT2D eigenvalue weighted by atomic mass is 16.3. The number of carbonyl (C=O) groups is 2. The van der Waals surface area contributed by atoms with Crippen LogP contribution in [-0.4, -0.2) is 46.4 Å². The van der Waals surface area contributed by atoms with E-state index in [1.54, 1.807) is 6.26 Å². The Morgan fingerprint density at radius 1 is 1.07 bits per heavy atom. The molecule has 0 radical (unpaired) electrons. The maximum atomic E-state index is 13.4. The minimum atomic E-state index is -0.803. The molecule has 2 saturated heterocycles. The van der Waals surface area contributed by atoms with Gasteiger partial charge >= 0.3 is 6.03 Å². The fourth-order valence-corrected chi connectivity index (χ4v) is 5.30. The van der Waals surface area contributed by atoms with E-state index < -0.39 is 5.54 Å². The Morgan fingerprint density at radius 2 is 1.76 bits per heavy atom. The SMILES string of the molecule is CC1(C2CCN(Cc3ccco3)CC2)NC(=O)N(C2Cc3ccccc3C2)C1=O. The van der Waals surface area contributed by atoms with E-state index in [0.717, 1.165) is 51.1 Å². The minimum absolute atomic E-state index is 0.0511. The van der Waals surface area contributed by atoms with E-state index in [1.807, 2.05) is 31.2 Å². The number of rotatable bonds is 4. The summed E-state index contributed by atoms with van der Waals surface area (Å²) in [7, 11) is 0. The van der Waals surface area contributed by atoms with Gasteiger partial charge in [-0.25, -0.2) is 4.79 Å². The molecule has 2 fully saturated rings. The molecular weight excluding hydrogens is 366 g/mol. The van der Waals surface area contributed by atoms with Crippen molar-refractivity contribution >= 4 is 11.9 Å². The average molecular weight is 393 g/mol. The normalized spacial score (nSPS) is 26.2. The first kappa shape index (κ1) is 18.4. The second-order valence-electron chi connectivity index (χ2n) is 8.77. The van der Waals surface area contributed by atoms with Gasteiger partial charge in [0.05, 0.1) is 12.8 Å². The second-order valence-corrected chi connectivity index (χ2v) is 8.77. The summed E-state index contributed by atoms with van der Waals surface area (Å²) in [5, 5.41) is 3.06. The van der Waals surface area contributed by atoms with Crippen LogP contribution in [-0.2, 0) is 24.2 Å². The fraction of sp³-hybridized carbons (Fsp3) is 0.478. The number of hydrogen-bond acceptors (Lipinski definition) is 4. The third-order valence-electron chi connectivity index (χ3n) is 7.01. The Labute approximate surface area is 170 Å². The van der Waals surface area contributed by atoms with Crippen LogP contribution in [0.4, 0.5) is 4.79 Å². The molecular formula is C23H27N3O3. The van der Waals surface area contributed by atoms with Gasteiger partial charge in [-0.15, -0.1) is 0 Å². The molecule has 1 aromatic heterocycles. The lowest BCUT2D eigenvalue weighted by molar-refractivity contribution is -0.134. The van der Waals surface area contributed by atoms with Crippen LogP contribution in [0.5, 0.6) is 0 Å². The van der Waals surface area contributed by atoms with Crippen molar-refractivity contribution in [3.63, 3.8) is 0 Å². The number of nitrogens with one attached hydrogen (secondary N) is 1. The average Bonchev–Trinajstić information content (AvgIpc) is 3.42. The van der Waals surface area contributed by atoms with E-state index in [9.17, 15) is 9.59 Å². The zero-order valence-electron chi connectivity index (χ0n) is 16.8. The van der Waals surface area contributed by atoms with Gasteiger partial charge in [0.15, 0.2) is 0 Å². The van der Waals surface area contributed by atoms with E-state index in [0.29, 0.717) is 0 Å². The summed E-state index contributed by atoms with van der Waals surface area (Å²) in [6.07, 6.45) is 5.00. The Kier molecular flexibility index (Phi) is 4.46. The van der Waals surface area contributed by atoms with E-state index in [1.165, 1.54) is 16.0 Å². The molecule has 1 atom stereocenters. The molecule has 29 heavy (non-hydrogen) atoms. The van der Waals surface area contributed by atoms with Crippen LogP contribution < -0.4 is 5.32 Å². The van der Waals surface area contributed by atoms with Gasteiger partial charge in [0.1, 0.15) is 11.3 Å². The molecule has 152 valence electrons. The quantitative estimate of drug-likeness (QED) is 0.811. The summed E-state index contributed by atoms with van der Waals surface area (Å²) in [6, 6.07) is 11.8.